The third-order valence-corrected chi connectivity index (χ3v) is 5.11. The van der Waals surface area contributed by atoms with Crippen LogP contribution < -0.4 is 15.6 Å². The van der Waals surface area contributed by atoms with E-state index in [2.05, 4.69) is 9.97 Å². The number of amides is 1. The lowest BCUT2D eigenvalue weighted by Gasteiger charge is -2.16. The Hall–Kier alpha value is -2.72. The maximum Gasteiger partial charge on any atom is 0.339 e. The summed E-state index contributed by atoms with van der Waals surface area (Å²) >= 11 is 7.12. The van der Waals surface area contributed by atoms with Gasteiger partial charge in [-0.2, -0.15) is 9.97 Å². The number of nitrogen functional groups attached to an aromatic ring is 1. The largest absolute Gasteiger partial charge is 0.389 e. The van der Waals surface area contributed by atoms with E-state index in [4.69, 9.17) is 21.5 Å². The van der Waals surface area contributed by atoms with Gasteiger partial charge in [0.25, 0.3) is 0 Å². The van der Waals surface area contributed by atoms with Crippen molar-refractivity contribution in [3.05, 3.63) is 45.3 Å². The summed E-state index contributed by atoms with van der Waals surface area (Å²) in [6.45, 7) is 4.54. The van der Waals surface area contributed by atoms with E-state index in [1.54, 1.807) is 31.3 Å². The van der Waals surface area contributed by atoms with E-state index in [0.29, 0.717) is 17.3 Å². The molecule has 11 heteroatoms. The average Bonchev–Trinajstić information content (AvgIpc) is 3.00. The number of rotatable bonds is 7. The van der Waals surface area contributed by atoms with E-state index in [1.807, 2.05) is 13.8 Å². The molecule has 30 heavy (non-hydrogen) atoms. The lowest BCUT2D eigenvalue weighted by molar-refractivity contribution is 0.210. The second-order valence-electron chi connectivity index (χ2n) is 6.59. The zero-order chi connectivity index (χ0) is 21.8. The molecule has 3 rings (SSSR count). The fourth-order valence-electron chi connectivity index (χ4n) is 2.99. The van der Waals surface area contributed by atoms with E-state index in [0.717, 1.165) is 28.6 Å². The number of benzene rings is 1. The molecule has 160 valence electrons. The van der Waals surface area contributed by atoms with Crippen molar-refractivity contribution >= 4 is 46.7 Å². The molecule has 0 saturated carbocycles. The van der Waals surface area contributed by atoms with Crippen molar-refractivity contribution in [2.75, 3.05) is 25.1 Å². The van der Waals surface area contributed by atoms with Crippen molar-refractivity contribution in [1.29, 1.82) is 0 Å². The van der Waals surface area contributed by atoms with Crippen LogP contribution in [-0.2, 0) is 6.54 Å². The number of carbonyl (C=O) groups excluding carboxylic acids is 1. The monoisotopic (exact) mass is 450 g/mol. The number of anilines is 1. The van der Waals surface area contributed by atoms with E-state index in [9.17, 15) is 9.59 Å². The van der Waals surface area contributed by atoms with Gasteiger partial charge in [0, 0.05) is 24.4 Å². The Kier molecular flexibility index (Phi) is 6.88. The van der Waals surface area contributed by atoms with Crippen LogP contribution in [0.15, 0.2) is 29.1 Å². The highest BCUT2D eigenvalue weighted by Gasteiger charge is 2.25. The van der Waals surface area contributed by atoms with Crippen molar-refractivity contribution in [3.8, 4) is 6.01 Å². The Labute approximate surface area is 183 Å². The van der Waals surface area contributed by atoms with Gasteiger partial charge in [-0.1, -0.05) is 37.6 Å². The van der Waals surface area contributed by atoms with E-state index in [1.165, 1.54) is 9.47 Å². The lowest BCUT2D eigenvalue weighted by Crippen LogP contribution is -2.38. The number of hydrogen-bond acceptors (Lipinski definition) is 7. The second kappa shape index (κ2) is 9.40. The summed E-state index contributed by atoms with van der Waals surface area (Å²) in [6, 6.07) is 6.61. The van der Waals surface area contributed by atoms with E-state index in [-0.39, 0.29) is 29.5 Å². The van der Waals surface area contributed by atoms with Gasteiger partial charge in [0.2, 0.25) is 0 Å². The van der Waals surface area contributed by atoms with Crippen molar-refractivity contribution in [2.45, 2.75) is 26.8 Å². The number of fused-ring (bicyclic) bond motifs is 1. The molecule has 1 amide bonds. The minimum atomic E-state index is -0.547. The first kappa shape index (κ1) is 22.0. The number of imidazole rings is 1. The van der Waals surface area contributed by atoms with Gasteiger partial charge < -0.3 is 14.8 Å². The number of nitrogens with two attached hydrogens (primary N) is 1. The second-order valence-corrected chi connectivity index (χ2v) is 8.00. The van der Waals surface area contributed by atoms with Gasteiger partial charge in [-0.3, -0.25) is 4.57 Å². The van der Waals surface area contributed by atoms with Crippen molar-refractivity contribution in [1.82, 2.24) is 24.0 Å². The Morgan fingerprint density at radius 3 is 2.60 bits per heavy atom. The fourth-order valence-corrected chi connectivity index (χ4v) is 3.42. The first-order chi connectivity index (χ1) is 14.4. The number of aromatic nitrogens is 4. The van der Waals surface area contributed by atoms with E-state index >= 15 is 0 Å². The SMILES string of the molecule is CCCN(C)C(=O)n1c(=O)n(Cc2ccc(Cl)cc2)c2nc(OSCC)nc(N)c21. The van der Waals surface area contributed by atoms with Gasteiger partial charge in [-0.25, -0.2) is 14.2 Å². The summed E-state index contributed by atoms with van der Waals surface area (Å²) in [5.41, 5.74) is 6.80. The predicted octanol–water partition coefficient (Wildman–Crippen LogP) is 3.23. The molecule has 0 atom stereocenters. The average molecular weight is 451 g/mol. The van der Waals surface area contributed by atoms with Crippen LogP contribution in [0, 0.1) is 0 Å². The number of hydrogen-bond donors (Lipinski definition) is 1. The van der Waals surface area contributed by atoms with Crippen LogP contribution in [0.1, 0.15) is 25.8 Å². The van der Waals surface area contributed by atoms with Crippen molar-refractivity contribution < 1.29 is 8.98 Å². The molecule has 0 bridgehead atoms. The van der Waals surface area contributed by atoms with Crippen LogP contribution in [-0.4, -0.2) is 49.4 Å². The molecule has 2 N–H and O–H groups in total. The Morgan fingerprint density at radius 1 is 1.27 bits per heavy atom. The van der Waals surface area contributed by atoms with Crippen molar-refractivity contribution in [3.63, 3.8) is 0 Å². The van der Waals surface area contributed by atoms with Gasteiger partial charge in [-0.05, 0) is 24.1 Å². The molecular formula is C19H23ClN6O3S. The molecule has 1 aromatic carbocycles. The van der Waals surface area contributed by atoms with Crippen LogP contribution in [0.2, 0.25) is 5.02 Å². The molecule has 9 nitrogen and oxygen atoms in total. The summed E-state index contributed by atoms with van der Waals surface area (Å²) in [5.74, 6) is 0.678. The molecule has 0 aliphatic rings. The molecular weight excluding hydrogens is 428 g/mol. The fraction of sp³-hybridized carbons (Fsp3) is 0.368. The summed E-state index contributed by atoms with van der Waals surface area (Å²) in [6.07, 6.45) is 0.749. The number of carbonyl (C=O) groups is 1. The van der Waals surface area contributed by atoms with Gasteiger partial charge >= 0.3 is 17.7 Å². The molecule has 3 aromatic rings. The predicted molar refractivity (Wildman–Crippen MR) is 119 cm³/mol. The topological polar surface area (TPSA) is 108 Å². The van der Waals surface area contributed by atoms with Crippen LogP contribution in [0.3, 0.4) is 0 Å². The maximum absolute atomic E-state index is 13.3. The maximum atomic E-state index is 13.3. The molecule has 2 aromatic heterocycles. The highest BCUT2D eigenvalue weighted by atomic mass is 35.5. The minimum Gasteiger partial charge on any atom is -0.389 e. The molecule has 0 spiro atoms. The van der Waals surface area contributed by atoms with Crippen LogP contribution in [0.4, 0.5) is 10.6 Å². The van der Waals surface area contributed by atoms with Crippen LogP contribution >= 0.6 is 23.6 Å². The lowest BCUT2D eigenvalue weighted by atomic mass is 10.2. The van der Waals surface area contributed by atoms with Crippen LogP contribution in [0.5, 0.6) is 6.01 Å². The highest BCUT2D eigenvalue weighted by Crippen LogP contribution is 2.23. The van der Waals surface area contributed by atoms with E-state index < -0.39 is 11.7 Å². The molecule has 2 heterocycles. The molecule has 0 aliphatic carbocycles. The Balaban J connectivity index is 2.20. The first-order valence-corrected chi connectivity index (χ1v) is 10.7. The molecule has 0 radical (unpaired) electrons. The van der Waals surface area contributed by atoms with Crippen LogP contribution in [0.25, 0.3) is 11.2 Å². The molecule has 0 aliphatic heterocycles. The third-order valence-electron chi connectivity index (χ3n) is 4.36. The standard InChI is InChI=1S/C19H23ClN6O3S/c1-4-10-24(3)18(27)26-14-15(21)22-17(29-30-5-2)23-16(14)25(19(26)28)11-12-6-8-13(20)9-7-12/h6-9H,4-5,10-11H2,1-3H3,(H2,21,22,23). The summed E-state index contributed by atoms with van der Waals surface area (Å²) in [7, 11) is 1.63. The number of halogens is 1. The molecule has 0 saturated heterocycles. The van der Waals surface area contributed by atoms with Gasteiger partial charge in [-0.15, -0.1) is 0 Å². The quantitative estimate of drug-likeness (QED) is 0.550. The smallest absolute Gasteiger partial charge is 0.339 e. The Morgan fingerprint density at radius 2 is 1.97 bits per heavy atom. The normalized spacial score (nSPS) is 11.1. The summed E-state index contributed by atoms with van der Waals surface area (Å²) < 4.78 is 7.85. The summed E-state index contributed by atoms with van der Waals surface area (Å²) in [5, 5.41) is 0.587. The third kappa shape index (κ3) is 4.39. The summed E-state index contributed by atoms with van der Waals surface area (Å²) in [4.78, 5) is 36.2. The molecule has 0 unspecified atom stereocenters. The first-order valence-electron chi connectivity index (χ1n) is 9.45. The number of nitrogens with zero attached hydrogens (tertiary/aromatic N) is 5. The van der Waals surface area contributed by atoms with Crippen molar-refractivity contribution in [2.24, 2.45) is 0 Å². The van der Waals surface area contributed by atoms with Gasteiger partial charge in [0.1, 0.15) is 5.52 Å². The van der Waals surface area contributed by atoms with Gasteiger partial charge in [0.05, 0.1) is 18.6 Å². The highest BCUT2D eigenvalue weighted by molar-refractivity contribution is 7.94. The minimum absolute atomic E-state index is 0.00286. The molecule has 0 fully saturated rings. The van der Waals surface area contributed by atoms with Gasteiger partial charge in [0.15, 0.2) is 11.5 Å². The zero-order valence-electron chi connectivity index (χ0n) is 17.0. The zero-order valence-corrected chi connectivity index (χ0v) is 18.5. The Bertz CT molecular complexity index is 1110.